The lowest BCUT2D eigenvalue weighted by atomic mass is 10.2. The molecule has 2 heteroatoms. The predicted molar refractivity (Wildman–Crippen MR) is 89.8 cm³/mol. The van der Waals surface area contributed by atoms with E-state index in [0.29, 0.717) is 11.3 Å². The third-order valence-electron chi connectivity index (χ3n) is 3.00. The van der Waals surface area contributed by atoms with E-state index in [9.17, 15) is 4.79 Å². The van der Waals surface area contributed by atoms with Gasteiger partial charge in [-0.2, -0.15) is 0 Å². The van der Waals surface area contributed by atoms with Crippen molar-refractivity contribution in [2.45, 2.75) is 0 Å². The van der Waals surface area contributed by atoms with Crippen molar-refractivity contribution in [1.82, 2.24) is 0 Å². The van der Waals surface area contributed by atoms with Crippen molar-refractivity contribution in [2.24, 2.45) is 0 Å². The third kappa shape index (κ3) is 4.24. The SMILES string of the molecule is O=c1cc(C#Cc2ccccc2)cc(C#Cc2ccccc2)o1. The monoisotopic (exact) mass is 296 g/mol. The number of benzene rings is 2. The van der Waals surface area contributed by atoms with Crippen molar-refractivity contribution in [2.75, 3.05) is 0 Å². The van der Waals surface area contributed by atoms with Crippen LogP contribution in [0.25, 0.3) is 0 Å². The summed E-state index contributed by atoms with van der Waals surface area (Å²) in [5, 5.41) is 0. The summed E-state index contributed by atoms with van der Waals surface area (Å²) in [6.07, 6.45) is 0. The van der Waals surface area contributed by atoms with E-state index in [4.69, 9.17) is 4.42 Å². The molecule has 0 aliphatic heterocycles. The Labute approximate surface area is 134 Å². The first kappa shape index (κ1) is 14.4. The third-order valence-corrected chi connectivity index (χ3v) is 3.00. The quantitative estimate of drug-likeness (QED) is 0.595. The highest BCUT2D eigenvalue weighted by molar-refractivity contribution is 5.45. The molecule has 0 saturated carbocycles. The molecule has 0 N–H and O–H groups in total. The van der Waals surface area contributed by atoms with Crippen LogP contribution in [0.2, 0.25) is 0 Å². The Morgan fingerprint density at radius 2 is 1.13 bits per heavy atom. The fourth-order valence-corrected chi connectivity index (χ4v) is 1.93. The molecule has 0 unspecified atom stereocenters. The topological polar surface area (TPSA) is 30.2 Å². The first-order valence-corrected chi connectivity index (χ1v) is 7.09. The summed E-state index contributed by atoms with van der Waals surface area (Å²) in [5.41, 5.74) is 1.87. The molecule has 3 rings (SSSR count). The first-order valence-electron chi connectivity index (χ1n) is 7.09. The van der Waals surface area contributed by atoms with Crippen LogP contribution >= 0.6 is 0 Å². The molecule has 0 amide bonds. The highest BCUT2D eigenvalue weighted by atomic mass is 16.4. The van der Waals surface area contributed by atoms with Crippen molar-refractivity contribution in [3.8, 4) is 23.7 Å². The van der Waals surface area contributed by atoms with Gasteiger partial charge in [0.25, 0.3) is 0 Å². The van der Waals surface area contributed by atoms with Crippen LogP contribution in [0.5, 0.6) is 0 Å². The zero-order valence-electron chi connectivity index (χ0n) is 12.2. The lowest BCUT2D eigenvalue weighted by Gasteiger charge is -1.92. The Morgan fingerprint density at radius 1 is 0.609 bits per heavy atom. The Balaban J connectivity index is 1.90. The maximum Gasteiger partial charge on any atom is 0.338 e. The van der Waals surface area contributed by atoms with Crippen LogP contribution in [-0.2, 0) is 0 Å². The molecule has 1 heterocycles. The minimum atomic E-state index is -0.456. The van der Waals surface area contributed by atoms with Crippen LogP contribution in [0, 0.1) is 23.7 Å². The Kier molecular flexibility index (Phi) is 4.39. The molecule has 0 atom stereocenters. The van der Waals surface area contributed by atoms with Gasteiger partial charge in [0.1, 0.15) is 0 Å². The molecule has 0 fully saturated rings. The lowest BCUT2D eigenvalue weighted by molar-refractivity contribution is 0.498. The molecule has 0 bridgehead atoms. The molecule has 0 spiro atoms. The number of hydrogen-bond acceptors (Lipinski definition) is 2. The molecule has 1 aromatic heterocycles. The zero-order chi connectivity index (χ0) is 15.9. The lowest BCUT2D eigenvalue weighted by Crippen LogP contribution is -1.99. The maximum atomic E-state index is 11.6. The van der Waals surface area contributed by atoms with Crippen LogP contribution in [-0.4, -0.2) is 0 Å². The van der Waals surface area contributed by atoms with Crippen molar-refractivity contribution < 1.29 is 4.42 Å². The van der Waals surface area contributed by atoms with Gasteiger partial charge in [0, 0.05) is 28.8 Å². The van der Waals surface area contributed by atoms with Crippen LogP contribution in [0.1, 0.15) is 22.5 Å². The predicted octanol–water partition coefficient (Wildman–Crippen LogP) is 3.44. The molecule has 0 radical (unpaired) electrons. The smallest absolute Gasteiger partial charge is 0.338 e. The van der Waals surface area contributed by atoms with Gasteiger partial charge in [0.15, 0.2) is 5.76 Å². The normalized spacial score (nSPS) is 9.22. The molecule has 0 aliphatic carbocycles. The van der Waals surface area contributed by atoms with E-state index in [1.54, 1.807) is 6.07 Å². The van der Waals surface area contributed by atoms with E-state index >= 15 is 0 Å². The standard InChI is InChI=1S/C21H12O2/c22-21-16-19(12-11-17-7-3-1-4-8-17)15-20(23-21)14-13-18-9-5-2-6-10-18/h1-10,15-16H. The first-order chi connectivity index (χ1) is 11.3. The van der Waals surface area contributed by atoms with Crippen LogP contribution < -0.4 is 5.63 Å². The van der Waals surface area contributed by atoms with Gasteiger partial charge in [-0.15, -0.1) is 0 Å². The van der Waals surface area contributed by atoms with Gasteiger partial charge in [-0.05, 0) is 30.2 Å². The van der Waals surface area contributed by atoms with Gasteiger partial charge >= 0.3 is 5.63 Å². The zero-order valence-corrected chi connectivity index (χ0v) is 12.2. The second kappa shape index (κ2) is 6.98. The Morgan fingerprint density at radius 3 is 1.74 bits per heavy atom. The second-order valence-electron chi connectivity index (χ2n) is 4.76. The molecule has 2 aromatic carbocycles. The fraction of sp³-hybridized carbons (Fsp3) is 0. The van der Waals surface area contributed by atoms with E-state index < -0.39 is 5.63 Å². The summed E-state index contributed by atoms with van der Waals surface area (Å²) >= 11 is 0. The number of rotatable bonds is 0. The van der Waals surface area contributed by atoms with Crippen molar-refractivity contribution in [1.29, 1.82) is 0 Å². The summed E-state index contributed by atoms with van der Waals surface area (Å²) in [7, 11) is 0. The van der Waals surface area contributed by atoms with Crippen LogP contribution in [0.3, 0.4) is 0 Å². The van der Waals surface area contributed by atoms with Gasteiger partial charge in [-0.1, -0.05) is 54.2 Å². The van der Waals surface area contributed by atoms with E-state index in [2.05, 4.69) is 23.7 Å². The van der Waals surface area contributed by atoms with Gasteiger partial charge in [-0.3, -0.25) is 0 Å². The molecular weight excluding hydrogens is 284 g/mol. The minimum Gasteiger partial charge on any atom is -0.414 e. The van der Waals surface area contributed by atoms with Gasteiger partial charge in [-0.25, -0.2) is 4.79 Å². The minimum absolute atomic E-state index is 0.304. The van der Waals surface area contributed by atoms with Crippen LogP contribution in [0.15, 0.2) is 82.0 Å². The Hall–Kier alpha value is -3.49. The summed E-state index contributed by atoms with van der Waals surface area (Å²) < 4.78 is 5.09. The summed E-state index contributed by atoms with van der Waals surface area (Å²) in [4.78, 5) is 11.6. The maximum absolute atomic E-state index is 11.6. The molecular formula is C21H12O2. The van der Waals surface area contributed by atoms with Gasteiger partial charge in [0.2, 0.25) is 0 Å². The molecule has 2 nitrogen and oxygen atoms in total. The van der Waals surface area contributed by atoms with E-state index in [0.717, 1.165) is 11.1 Å². The molecule has 0 saturated heterocycles. The van der Waals surface area contributed by atoms with E-state index in [1.807, 2.05) is 60.7 Å². The van der Waals surface area contributed by atoms with E-state index in [1.165, 1.54) is 6.07 Å². The Bertz CT molecular complexity index is 897. The molecule has 23 heavy (non-hydrogen) atoms. The summed E-state index contributed by atoms with van der Waals surface area (Å²) in [6, 6.07) is 22.1. The largest absolute Gasteiger partial charge is 0.414 e. The van der Waals surface area contributed by atoms with Gasteiger partial charge < -0.3 is 4.42 Å². The van der Waals surface area contributed by atoms with Crippen molar-refractivity contribution >= 4 is 0 Å². The second-order valence-corrected chi connectivity index (χ2v) is 4.76. The summed E-state index contributed by atoms with van der Waals surface area (Å²) in [5.74, 6) is 12.1. The highest BCUT2D eigenvalue weighted by Gasteiger charge is 1.97. The molecule has 0 aliphatic rings. The molecule has 108 valence electrons. The number of hydrogen-bond donors (Lipinski definition) is 0. The van der Waals surface area contributed by atoms with E-state index in [-0.39, 0.29) is 0 Å². The average Bonchev–Trinajstić information content (AvgIpc) is 2.60. The highest BCUT2D eigenvalue weighted by Crippen LogP contribution is 2.02. The summed E-state index contributed by atoms with van der Waals surface area (Å²) in [6.45, 7) is 0. The van der Waals surface area contributed by atoms with Crippen molar-refractivity contribution in [3.05, 3.63) is 106 Å². The van der Waals surface area contributed by atoms with Gasteiger partial charge in [0.05, 0.1) is 0 Å². The van der Waals surface area contributed by atoms with Crippen molar-refractivity contribution in [3.63, 3.8) is 0 Å². The fourth-order valence-electron chi connectivity index (χ4n) is 1.93. The molecule has 3 aromatic rings. The van der Waals surface area contributed by atoms with Crippen LogP contribution in [0.4, 0.5) is 0 Å². The average molecular weight is 296 g/mol.